The van der Waals surface area contributed by atoms with Crippen molar-refractivity contribution < 1.29 is 9.53 Å². The normalized spacial score (nSPS) is 15.9. The lowest BCUT2D eigenvalue weighted by Crippen LogP contribution is -2.41. The van der Waals surface area contributed by atoms with Gasteiger partial charge in [-0.25, -0.2) is 0 Å². The lowest BCUT2D eigenvalue weighted by Gasteiger charge is -2.32. The molecule has 1 aromatic rings. The summed E-state index contributed by atoms with van der Waals surface area (Å²) in [5.74, 6) is 0.0415. The Balaban J connectivity index is 0.00000220. The molecular weight excluding hydrogens is 313 g/mol. The van der Waals surface area contributed by atoms with Crippen molar-refractivity contribution in [3.8, 4) is 0 Å². The second-order valence-corrected chi connectivity index (χ2v) is 5.60. The summed E-state index contributed by atoms with van der Waals surface area (Å²) in [5, 5.41) is 0.593. The number of amides is 1. The molecule has 1 aliphatic heterocycles. The van der Waals surface area contributed by atoms with Crippen LogP contribution >= 0.6 is 24.0 Å². The van der Waals surface area contributed by atoms with Gasteiger partial charge in [0.25, 0.3) is 5.91 Å². The van der Waals surface area contributed by atoms with Crippen LogP contribution in [-0.2, 0) is 11.8 Å². The van der Waals surface area contributed by atoms with Gasteiger partial charge in [0.1, 0.15) is 5.69 Å². The molecule has 21 heavy (non-hydrogen) atoms. The molecule has 0 aromatic carbocycles. The van der Waals surface area contributed by atoms with E-state index in [2.05, 4.69) is 0 Å². The van der Waals surface area contributed by atoms with E-state index >= 15 is 0 Å². The molecule has 2 rings (SSSR count). The number of hydrogen-bond donors (Lipinski definition) is 1. The molecule has 0 bridgehead atoms. The number of rotatable bonds is 5. The Morgan fingerprint density at radius 2 is 2.14 bits per heavy atom. The molecule has 2 N–H and O–H groups in total. The molecule has 1 aliphatic rings. The smallest absolute Gasteiger partial charge is 0.270 e. The zero-order valence-electron chi connectivity index (χ0n) is 12.3. The fourth-order valence-electron chi connectivity index (χ4n) is 2.46. The predicted octanol–water partition coefficient (Wildman–Crippen LogP) is 2.07. The first-order valence-corrected chi connectivity index (χ1v) is 7.42. The van der Waals surface area contributed by atoms with Crippen LogP contribution in [0.25, 0.3) is 0 Å². The minimum Gasteiger partial charge on any atom is -0.378 e. The first-order valence-electron chi connectivity index (χ1n) is 7.04. The summed E-state index contributed by atoms with van der Waals surface area (Å²) in [4.78, 5) is 14.3. The zero-order valence-corrected chi connectivity index (χ0v) is 13.8. The Morgan fingerprint density at radius 1 is 1.48 bits per heavy atom. The molecular formula is C14H23Cl2N3O2. The molecule has 1 aromatic heterocycles. The van der Waals surface area contributed by atoms with E-state index in [4.69, 9.17) is 22.1 Å². The molecule has 0 atom stereocenters. The molecule has 1 amide bonds. The van der Waals surface area contributed by atoms with Crippen molar-refractivity contribution in [2.75, 3.05) is 26.2 Å². The number of nitrogens with zero attached hydrogens (tertiary/aromatic N) is 2. The van der Waals surface area contributed by atoms with Crippen LogP contribution in [0.3, 0.4) is 0 Å². The van der Waals surface area contributed by atoms with E-state index in [0.717, 1.165) is 32.4 Å². The molecule has 0 unspecified atom stereocenters. The number of carbonyl (C=O) groups excluding carboxylic acids is 1. The fourth-order valence-corrected chi connectivity index (χ4v) is 2.71. The van der Waals surface area contributed by atoms with Gasteiger partial charge in [-0.3, -0.25) is 4.79 Å². The van der Waals surface area contributed by atoms with Gasteiger partial charge >= 0.3 is 0 Å². The Morgan fingerprint density at radius 3 is 2.67 bits per heavy atom. The molecule has 5 nitrogen and oxygen atoms in total. The number of aryl methyl sites for hydroxylation is 1. The number of hydrogen-bond acceptors (Lipinski definition) is 3. The van der Waals surface area contributed by atoms with E-state index in [-0.39, 0.29) is 24.4 Å². The summed E-state index contributed by atoms with van der Waals surface area (Å²) < 4.78 is 7.51. The molecule has 7 heteroatoms. The van der Waals surface area contributed by atoms with E-state index in [9.17, 15) is 4.79 Å². The second kappa shape index (κ2) is 8.63. The number of nitrogens with two attached hydrogens (primary N) is 1. The third-order valence-corrected chi connectivity index (χ3v) is 3.83. The van der Waals surface area contributed by atoms with Crippen LogP contribution in [0, 0.1) is 0 Å². The van der Waals surface area contributed by atoms with Crippen LogP contribution in [0.2, 0.25) is 5.02 Å². The van der Waals surface area contributed by atoms with E-state index in [1.54, 1.807) is 16.8 Å². The molecule has 0 aliphatic carbocycles. The predicted molar refractivity (Wildman–Crippen MR) is 86.2 cm³/mol. The van der Waals surface area contributed by atoms with Crippen molar-refractivity contribution in [3.05, 3.63) is 23.0 Å². The first-order chi connectivity index (χ1) is 9.61. The average molecular weight is 336 g/mol. The van der Waals surface area contributed by atoms with Crippen LogP contribution in [0.5, 0.6) is 0 Å². The standard InChI is InChI=1S/C14H22ClN3O2.ClH/c1-17-10-11(15)9-13(17)14(19)18-6-3-12(4-7-18)20-8-2-5-16;/h9-10,12H,2-8,16H2,1H3;1H. The van der Waals surface area contributed by atoms with Crippen molar-refractivity contribution in [3.63, 3.8) is 0 Å². The van der Waals surface area contributed by atoms with Gasteiger partial charge < -0.3 is 19.9 Å². The third-order valence-electron chi connectivity index (χ3n) is 3.62. The third kappa shape index (κ3) is 4.88. The number of carbonyl (C=O) groups is 1. The maximum atomic E-state index is 12.4. The van der Waals surface area contributed by atoms with Crippen molar-refractivity contribution in [2.24, 2.45) is 12.8 Å². The quantitative estimate of drug-likeness (QED) is 0.838. The number of likely N-dealkylation sites (tertiary alicyclic amines) is 1. The van der Waals surface area contributed by atoms with Gasteiger partial charge in [-0.15, -0.1) is 12.4 Å². The van der Waals surface area contributed by atoms with Gasteiger partial charge in [-0.1, -0.05) is 11.6 Å². The van der Waals surface area contributed by atoms with Crippen LogP contribution in [0.4, 0.5) is 0 Å². The summed E-state index contributed by atoms with van der Waals surface area (Å²) in [6.07, 6.45) is 4.66. The summed E-state index contributed by atoms with van der Waals surface area (Å²) in [6, 6.07) is 1.72. The lowest BCUT2D eigenvalue weighted by molar-refractivity contribution is 0.00820. The highest BCUT2D eigenvalue weighted by atomic mass is 35.5. The fraction of sp³-hybridized carbons (Fsp3) is 0.643. The highest BCUT2D eigenvalue weighted by molar-refractivity contribution is 6.31. The van der Waals surface area contributed by atoms with Crippen LogP contribution in [0.15, 0.2) is 12.3 Å². The summed E-state index contributed by atoms with van der Waals surface area (Å²) >= 11 is 5.92. The Labute approximate surface area is 136 Å². The molecule has 0 spiro atoms. The number of aromatic nitrogens is 1. The molecule has 120 valence electrons. The minimum absolute atomic E-state index is 0. The van der Waals surface area contributed by atoms with Crippen LogP contribution in [0.1, 0.15) is 29.8 Å². The van der Waals surface area contributed by atoms with Gasteiger partial charge in [0, 0.05) is 32.9 Å². The number of halogens is 2. The van der Waals surface area contributed by atoms with E-state index in [1.165, 1.54) is 0 Å². The number of ether oxygens (including phenoxy) is 1. The summed E-state index contributed by atoms with van der Waals surface area (Å²) in [5.41, 5.74) is 6.08. The van der Waals surface area contributed by atoms with Gasteiger partial charge in [-0.2, -0.15) is 0 Å². The van der Waals surface area contributed by atoms with Crippen molar-refractivity contribution in [1.29, 1.82) is 0 Å². The molecule has 1 saturated heterocycles. The van der Waals surface area contributed by atoms with Crippen molar-refractivity contribution >= 4 is 29.9 Å². The maximum absolute atomic E-state index is 12.4. The second-order valence-electron chi connectivity index (χ2n) is 5.16. The van der Waals surface area contributed by atoms with Crippen molar-refractivity contribution in [2.45, 2.75) is 25.4 Å². The van der Waals surface area contributed by atoms with Gasteiger partial charge in [0.2, 0.25) is 0 Å². The summed E-state index contributed by atoms with van der Waals surface area (Å²) in [7, 11) is 1.84. The van der Waals surface area contributed by atoms with E-state index in [1.807, 2.05) is 11.9 Å². The highest BCUT2D eigenvalue weighted by Crippen LogP contribution is 2.19. The monoisotopic (exact) mass is 335 g/mol. The first kappa shape index (κ1) is 18.3. The SMILES string of the molecule is Cl.Cn1cc(Cl)cc1C(=O)N1CCC(OCCCN)CC1. The molecule has 0 saturated carbocycles. The highest BCUT2D eigenvalue weighted by Gasteiger charge is 2.25. The number of piperidine rings is 1. The molecule has 2 heterocycles. The Hall–Kier alpha value is -0.750. The van der Waals surface area contributed by atoms with Crippen LogP contribution < -0.4 is 5.73 Å². The average Bonchev–Trinajstić information content (AvgIpc) is 2.78. The van der Waals surface area contributed by atoms with E-state index < -0.39 is 0 Å². The Bertz CT molecular complexity index is 457. The topological polar surface area (TPSA) is 60.5 Å². The van der Waals surface area contributed by atoms with Gasteiger partial charge in [-0.05, 0) is 31.9 Å². The van der Waals surface area contributed by atoms with E-state index in [0.29, 0.717) is 23.9 Å². The Kier molecular flexibility index (Phi) is 7.52. The van der Waals surface area contributed by atoms with Crippen molar-refractivity contribution in [1.82, 2.24) is 9.47 Å². The van der Waals surface area contributed by atoms with Gasteiger partial charge in [0.05, 0.1) is 11.1 Å². The lowest BCUT2D eigenvalue weighted by atomic mass is 10.1. The summed E-state index contributed by atoms with van der Waals surface area (Å²) in [6.45, 7) is 2.83. The zero-order chi connectivity index (χ0) is 14.5. The van der Waals surface area contributed by atoms with Crippen LogP contribution in [-0.4, -0.2) is 47.7 Å². The van der Waals surface area contributed by atoms with Gasteiger partial charge in [0.15, 0.2) is 0 Å². The minimum atomic E-state index is 0. The molecule has 1 fully saturated rings. The maximum Gasteiger partial charge on any atom is 0.270 e. The molecule has 0 radical (unpaired) electrons. The largest absolute Gasteiger partial charge is 0.378 e.